The summed E-state index contributed by atoms with van der Waals surface area (Å²) in [5.41, 5.74) is 2.60. The van der Waals surface area contributed by atoms with Gasteiger partial charge in [0.05, 0.1) is 5.52 Å². The van der Waals surface area contributed by atoms with Crippen LogP contribution in [0.25, 0.3) is 10.9 Å². The van der Waals surface area contributed by atoms with Gasteiger partial charge in [0.1, 0.15) is 0 Å². The van der Waals surface area contributed by atoms with Gasteiger partial charge in [0.25, 0.3) is 0 Å². The Morgan fingerprint density at radius 3 is 2.90 bits per heavy atom. The zero-order chi connectivity index (χ0) is 13.9. The van der Waals surface area contributed by atoms with Crippen molar-refractivity contribution in [1.29, 1.82) is 0 Å². The Hall–Kier alpha value is -2.47. The molecule has 2 heterocycles. The van der Waals surface area contributed by atoms with E-state index in [0.29, 0.717) is 5.13 Å². The number of benzene rings is 1. The largest absolute Gasteiger partial charge is 0.325 e. The second-order valence-electron chi connectivity index (χ2n) is 4.28. The highest BCUT2D eigenvalue weighted by Crippen LogP contribution is 2.18. The number of rotatable bonds is 2. The minimum atomic E-state index is -0.306. The maximum absolute atomic E-state index is 11.8. The number of carbonyl (C=O) groups excluding carboxylic acids is 1. The molecule has 0 radical (unpaired) electrons. The monoisotopic (exact) mass is 284 g/mol. The van der Waals surface area contributed by atoms with Crippen LogP contribution in [-0.2, 0) is 0 Å². The number of hydrogen-bond acceptors (Lipinski definition) is 4. The number of amides is 2. The summed E-state index contributed by atoms with van der Waals surface area (Å²) in [6, 6.07) is 9.24. The van der Waals surface area contributed by atoms with Crippen molar-refractivity contribution < 1.29 is 4.79 Å². The van der Waals surface area contributed by atoms with Crippen molar-refractivity contribution in [3.8, 4) is 0 Å². The average Bonchev–Trinajstić information content (AvgIpc) is 2.91. The first kappa shape index (κ1) is 12.6. The van der Waals surface area contributed by atoms with Crippen LogP contribution in [0.5, 0.6) is 0 Å². The van der Waals surface area contributed by atoms with Crippen molar-refractivity contribution in [2.24, 2.45) is 0 Å². The molecule has 0 aliphatic rings. The molecular weight excluding hydrogens is 272 g/mol. The zero-order valence-electron chi connectivity index (χ0n) is 10.8. The summed E-state index contributed by atoms with van der Waals surface area (Å²) in [5.74, 6) is 0. The fourth-order valence-corrected chi connectivity index (χ4v) is 2.37. The Bertz CT molecular complexity index is 755. The summed E-state index contributed by atoms with van der Waals surface area (Å²) < 4.78 is 0. The van der Waals surface area contributed by atoms with E-state index >= 15 is 0 Å². The second kappa shape index (κ2) is 5.26. The van der Waals surface area contributed by atoms with E-state index in [0.717, 1.165) is 22.3 Å². The molecule has 5 nitrogen and oxygen atoms in total. The average molecular weight is 284 g/mol. The first-order chi connectivity index (χ1) is 9.70. The molecule has 0 fully saturated rings. The Morgan fingerprint density at radius 1 is 1.20 bits per heavy atom. The van der Waals surface area contributed by atoms with Crippen LogP contribution in [0.15, 0.2) is 41.9 Å². The standard InChI is InChI=1S/C14H12N4OS/c1-9-2-3-10-8-11(4-5-12(10)16-9)17-13(19)18-14-15-6-7-20-14/h2-8H,1H3,(H2,15,17,18,19). The summed E-state index contributed by atoms with van der Waals surface area (Å²) in [4.78, 5) is 20.2. The molecule has 0 spiro atoms. The summed E-state index contributed by atoms with van der Waals surface area (Å²) in [6.07, 6.45) is 1.64. The third-order valence-corrected chi connectivity index (χ3v) is 3.43. The highest BCUT2D eigenvalue weighted by atomic mass is 32.1. The number of hydrogen-bond donors (Lipinski definition) is 2. The molecule has 3 aromatic rings. The Morgan fingerprint density at radius 2 is 2.10 bits per heavy atom. The summed E-state index contributed by atoms with van der Waals surface area (Å²) in [6.45, 7) is 1.95. The summed E-state index contributed by atoms with van der Waals surface area (Å²) in [7, 11) is 0. The molecule has 2 aromatic heterocycles. The Balaban J connectivity index is 1.77. The van der Waals surface area contributed by atoms with E-state index in [1.165, 1.54) is 11.3 Å². The van der Waals surface area contributed by atoms with Gasteiger partial charge in [0.2, 0.25) is 0 Å². The molecule has 0 bridgehead atoms. The maximum atomic E-state index is 11.8. The molecule has 1 aromatic carbocycles. The van der Waals surface area contributed by atoms with E-state index < -0.39 is 0 Å². The van der Waals surface area contributed by atoms with Gasteiger partial charge in [-0.25, -0.2) is 9.78 Å². The SMILES string of the molecule is Cc1ccc2cc(NC(=O)Nc3nccs3)ccc2n1. The van der Waals surface area contributed by atoms with E-state index in [-0.39, 0.29) is 6.03 Å². The van der Waals surface area contributed by atoms with Crippen molar-refractivity contribution in [3.05, 3.63) is 47.6 Å². The van der Waals surface area contributed by atoms with Crippen LogP contribution in [0, 0.1) is 6.92 Å². The Kier molecular flexibility index (Phi) is 3.30. The molecule has 0 unspecified atom stereocenters. The van der Waals surface area contributed by atoms with Gasteiger partial charge in [-0.3, -0.25) is 10.3 Å². The van der Waals surface area contributed by atoms with Gasteiger partial charge in [-0.1, -0.05) is 6.07 Å². The van der Waals surface area contributed by atoms with Gasteiger partial charge in [-0.2, -0.15) is 0 Å². The Labute approximate surface area is 119 Å². The normalized spacial score (nSPS) is 10.4. The topological polar surface area (TPSA) is 66.9 Å². The molecule has 0 saturated heterocycles. The number of nitrogens with one attached hydrogen (secondary N) is 2. The van der Waals surface area contributed by atoms with Crippen molar-refractivity contribution in [2.45, 2.75) is 6.92 Å². The fourth-order valence-electron chi connectivity index (χ4n) is 1.85. The second-order valence-corrected chi connectivity index (χ2v) is 5.17. The quantitative estimate of drug-likeness (QED) is 0.755. The third kappa shape index (κ3) is 2.75. The number of fused-ring (bicyclic) bond motifs is 1. The smallest absolute Gasteiger partial charge is 0.308 e. The maximum Gasteiger partial charge on any atom is 0.325 e. The number of urea groups is 1. The van der Waals surface area contributed by atoms with Gasteiger partial charge >= 0.3 is 6.03 Å². The van der Waals surface area contributed by atoms with Crippen LogP contribution in [0.2, 0.25) is 0 Å². The predicted octanol–water partition coefficient (Wildman–Crippen LogP) is 3.64. The van der Waals surface area contributed by atoms with Crippen LogP contribution >= 0.6 is 11.3 Å². The molecule has 0 aliphatic heterocycles. The lowest BCUT2D eigenvalue weighted by Crippen LogP contribution is -2.19. The number of carbonyl (C=O) groups is 1. The highest BCUT2D eigenvalue weighted by molar-refractivity contribution is 7.13. The van der Waals surface area contributed by atoms with Crippen molar-refractivity contribution in [3.63, 3.8) is 0 Å². The van der Waals surface area contributed by atoms with Crippen molar-refractivity contribution >= 4 is 39.1 Å². The number of thiazole rings is 1. The summed E-state index contributed by atoms with van der Waals surface area (Å²) in [5, 5.41) is 8.81. The number of anilines is 2. The minimum absolute atomic E-state index is 0.306. The molecule has 2 N–H and O–H groups in total. The molecule has 6 heteroatoms. The molecule has 100 valence electrons. The first-order valence-corrected chi connectivity index (χ1v) is 6.93. The summed E-state index contributed by atoms with van der Waals surface area (Å²) >= 11 is 1.37. The first-order valence-electron chi connectivity index (χ1n) is 6.06. The van der Waals surface area contributed by atoms with E-state index in [1.807, 2.05) is 37.3 Å². The van der Waals surface area contributed by atoms with Gasteiger partial charge in [0.15, 0.2) is 5.13 Å². The molecule has 0 atom stereocenters. The van der Waals surface area contributed by atoms with Gasteiger partial charge in [-0.15, -0.1) is 11.3 Å². The molecule has 2 amide bonds. The predicted molar refractivity (Wildman–Crippen MR) is 81.2 cm³/mol. The van der Waals surface area contributed by atoms with Crippen LogP contribution in [0.1, 0.15) is 5.69 Å². The lowest BCUT2D eigenvalue weighted by molar-refractivity contribution is 0.262. The third-order valence-electron chi connectivity index (χ3n) is 2.74. The van der Waals surface area contributed by atoms with E-state index in [2.05, 4.69) is 20.6 Å². The molecular formula is C14H12N4OS. The van der Waals surface area contributed by atoms with Crippen LogP contribution in [0.3, 0.4) is 0 Å². The van der Waals surface area contributed by atoms with Gasteiger partial charge < -0.3 is 5.32 Å². The number of aromatic nitrogens is 2. The lowest BCUT2D eigenvalue weighted by atomic mass is 10.2. The molecule has 0 saturated carbocycles. The minimum Gasteiger partial charge on any atom is -0.308 e. The highest BCUT2D eigenvalue weighted by Gasteiger charge is 2.05. The van der Waals surface area contributed by atoms with E-state index in [1.54, 1.807) is 11.6 Å². The fraction of sp³-hybridized carbons (Fsp3) is 0.0714. The molecule has 3 rings (SSSR count). The van der Waals surface area contributed by atoms with Crippen LogP contribution < -0.4 is 10.6 Å². The number of pyridine rings is 1. The number of aryl methyl sites for hydroxylation is 1. The number of nitrogens with zero attached hydrogens (tertiary/aromatic N) is 2. The van der Waals surface area contributed by atoms with Crippen molar-refractivity contribution in [1.82, 2.24) is 9.97 Å². The zero-order valence-corrected chi connectivity index (χ0v) is 11.6. The van der Waals surface area contributed by atoms with Crippen LogP contribution in [-0.4, -0.2) is 16.0 Å². The van der Waals surface area contributed by atoms with Crippen molar-refractivity contribution in [2.75, 3.05) is 10.6 Å². The molecule has 0 aliphatic carbocycles. The van der Waals surface area contributed by atoms with Gasteiger partial charge in [-0.05, 0) is 31.2 Å². The molecule has 20 heavy (non-hydrogen) atoms. The van der Waals surface area contributed by atoms with E-state index in [9.17, 15) is 4.79 Å². The van der Waals surface area contributed by atoms with Crippen LogP contribution in [0.4, 0.5) is 15.6 Å². The van der Waals surface area contributed by atoms with E-state index in [4.69, 9.17) is 0 Å². The van der Waals surface area contributed by atoms with Gasteiger partial charge in [0, 0.05) is 28.3 Å². The lowest BCUT2D eigenvalue weighted by Gasteiger charge is -2.06.